The summed E-state index contributed by atoms with van der Waals surface area (Å²) in [5, 5.41) is 1.74. The summed E-state index contributed by atoms with van der Waals surface area (Å²) in [4.78, 5) is 4.48. The number of benzene rings is 2. The van der Waals surface area contributed by atoms with Crippen LogP contribution in [0.15, 0.2) is 59.2 Å². The second-order valence-electron chi connectivity index (χ2n) is 4.40. The largest absolute Gasteiger partial charge is 0.254 e. The molecule has 0 amide bonds. The second kappa shape index (κ2) is 5.32. The third-order valence-corrected chi connectivity index (χ3v) is 4.33. The number of rotatable bonds is 2. The lowest BCUT2D eigenvalue weighted by molar-refractivity contribution is 1.15. The van der Waals surface area contributed by atoms with E-state index >= 15 is 0 Å². The molecule has 2 aromatic carbocycles. The zero-order valence-corrected chi connectivity index (χ0v) is 12.4. The molecule has 0 N–H and O–H groups in total. The summed E-state index contributed by atoms with van der Waals surface area (Å²) < 4.78 is 1.07. The molecule has 0 fully saturated rings. The quantitative estimate of drug-likeness (QED) is 0.625. The molecular formula is C16H11BrClN. The van der Waals surface area contributed by atoms with Gasteiger partial charge in [0.1, 0.15) is 0 Å². The van der Waals surface area contributed by atoms with Gasteiger partial charge in [-0.1, -0.05) is 54.1 Å². The Kier molecular flexibility index (Phi) is 3.54. The summed E-state index contributed by atoms with van der Waals surface area (Å²) in [7, 11) is 0. The van der Waals surface area contributed by atoms with Crippen molar-refractivity contribution in [3.8, 4) is 0 Å². The van der Waals surface area contributed by atoms with Crippen LogP contribution in [0.5, 0.6) is 0 Å². The van der Waals surface area contributed by atoms with Gasteiger partial charge in [-0.05, 0) is 33.1 Å². The molecule has 3 aromatic rings. The molecular weight excluding hydrogens is 322 g/mol. The Morgan fingerprint density at radius 2 is 1.79 bits per heavy atom. The van der Waals surface area contributed by atoms with E-state index in [0.29, 0.717) is 5.02 Å². The summed E-state index contributed by atoms with van der Waals surface area (Å²) in [6, 6.07) is 16.2. The van der Waals surface area contributed by atoms with Crippen LogP contribution in [0.3, 0.4) is 0 Å². The monoisotopic (exact) mass is 331 g/mol. The van der Waals surface area contributed by atoms with Crippen LogP contribution in [0.1, 0.15) is 11.1 Å². The highest BCUT2D eigenvalue weighted by atomic mass is 79.9. The Balaban J connectivity index is 2.08. The van der Waals surface area contributed by atoms with Crippen LogP contribution < -0.4 is 0 Å². The molecule has 0 aliphatic heterocycles. The molecule has 0 atom stereocenters. The van der Waals surface area contributed by atoms with Crippen molar-refractivity contribution in [2.45, 2.75) is 6.42 Å². The van der Waals surface area contributed by atoms with E-state index < -0.39 is 0 Å². The minimum atomic E-state index is 0.685. The topological polar surface area (TPSA) is 12.9 Å². The van der Waals surface area contributed by atoms with Crippen molar-refractivity contribution >= 4 is 38.4 Å². The number of halogens is 2. The van der Waals surface area contributed by atoms with Crippen LogP contribution >= 0.6 is 27.5 Å². The first-order valence-corrected chi connectivity index (χ1v) is 7.18. The second-order valence-corrected chi connectivity index (χ2v) is 5.60. The number of fused-ring (bicyclic) bond motifs is 1. The van der Waals surface area contributed by atoms with Gasteiger partial charge in [0.25, 0.3) is 0 Å². The lowest BCUT2D eigenvalue weighted by atomic mass is 10.0. The highest BCUT2D eigenvalue weighted by Gasteiger charge is 2.08. The van der Waals surface area contributed by atoms with Crippen LogP contribution in [0.4, 0.5) is 0 Å². The van der Waals surface area contributed by atoms with Crippen LogP contribution in [0.25, 0.3) is 10.9 Å². The van der Waals surface area contributed by atoms with E-state index in [9.17, 15) is 0 Å². The van der Waals surface area contributed by atoms with E-state index in [2.05, 4.69) is 45.2 Å². The molecule has 0 aliphatic rings. The number of nitrogens with zero attached hydrogens (tertiary/aromatic N) is 1. The first kappa shape index (κ1) is 12.6. The van der Waals surface area contributed by atoms with Crippen molar-refractivity contribution in [1.82, 2.24) is 4.98 Å². The summed E-state index contributed by atoms with van der Waals surface area (Å²) in [5.41, 5.74) is 3.28. The maximum absolute atomic E-state index is 6.16. The van der Waals surface area contributed by atoms with Crippen LogP contribution in [-0.4, -0.2) is 4.98 Å². The summed E-state index contributed by atoms with van der Waals surface area (Å²) in [5.74, 6) is 0. The molecule has 1 nitrogen and oxygen atoms in total. The predicted octanol–water partition coefficient (Wildman–Crippen LogP) is 5.24. The highest BCUT2D eigenvalue weighted by molar-refractivity contribution is 9.10. The van der Waals surface area contributed by atoms with Gasteiger partial charge in [0.15, 0.2) is 0 Å². The standard InChI is InChI=1S/C16H11BrClN/c17-15-12(9-11-5-2-1-3-6-11)10-19-16-13(15)7-4-8-14(16)18/h1-8,10H,9H2. The van der Waals surface area contributed by atoms with Crippen LogP contribution in [-0.2, 0) is 6.42 Å². The van der Waals surface area contributed by atoms with E-state index in [0.717, 1.165) is 21.8 Å². The molecule has 1 heterocycles. The van der Waals surface area contributed by atoms with Crippen molar-refractivity contribution in [2.24, 2.45) is 0 Å². The Morgan fingerprint density at radius 3 is 2.58 bits per heavy atom. The van der Waals surface area contributed by atoms with E-state index in [4.69, 9.17) is 11.6 Å². The van der Waals surface area contributed by atoms with E-state index in [1.807, 2.05) is 30.5 Å². The van der Waals surface area contributed by atoms with E-state index in [-0.39, 0.29) is 0 Å². The molecule has 94 valence electrons. The maximum Gasteiger partial charge on any atom is 0.0899 e. The molecule has 0 radical (unpaired) electrons. The average molecular weight is 333 g/mol. The molecule has 0 saturated carbocycles. The minimum Gasteiger partial charge on any atom is -0.254 e. The average Bonchev–Trinajstić information content (AvgIpc) is 2.44. The first-order valence-electron chi connectivity index (χ1n) is 6.01. The normalized spacial score (nSPS) is 10.8. The zero-order chi connectivity index (χ0) is 13.2. The molecule has 3 heteroatoms. The zero-order valence-electron chi connectivity index (χ0n) is 10.1. The molecule has 1 aromatic heterocycles. The lowest BCUT2D eigenvalue weighted by Gasteiger charge is -2.08. The van der Waals surface area contributed by atoms with Crippen LogP contribution in [0, 0.1) is 0 Å². The Morgan fingerprint density at radius 1 is 1.00 bits per heavy atom. The Labute approximate surface area is 125 Å². The van der Waals surface area contributed by atoms with E-state index in [1.54, 1.807) is 0 Å². The van der Waals surface area contributed by atoms with Crippen molar-refractivity contribution in [3.63, 3.8) is 0 Å². The smallest absolute Gasteiger partial charge is 0.0899 e. The van der Waals surface area contributed by atoms with Crippen molar-refractivity contribution in [2.75, 3.05) is 0 Å². The van der Waals surface area contributed by atoms with Gasteiger partial charge in [0.05, 0.1) is 10.5 Å². The van der Waals surface area contributed by atoms with Crippen molar-refractivity contribution < 1.29 is 0 Å². The van der Waals surface area contributed by atoms with E-state index in [1.165, 1.54) is 11.1 Å². The Bertz CT molecular complexity index is 725. The van der Waals surface area contributed by atoms with Crippen molar-refractivity contribution in [3.05, 3.63) is 75.4 Å². The third kappa shape index (κ3) is 2.51. The summed E-state index contributed by atoms with van der Waals surface area (Å²) in [6.45, 7) is 0. The summed E-state index contributed by atoms with van der Waals surface area (Å²) in [6.07, 6.45) is 2.75. The van der Waals surface area contributed by atoms with Gasteiger partial charge in [-0.15, -0.1) is 0 Å². The van der Waals surface area contributed by atoms with Gasteiger partial charge in [-0.3, -0.25) is 4.98 Å². The maximum atomic E-state index is 6.16. The van der Waals surface area contributed by atoms with Gasteiger partial charge < -0.3 is 0 Å². The molecule has 0 spiro atoms. The molecule has 3 rings (SSSR count). The number of hydrogen-bond donors (Lipinski definition) is 0. The minimum absolute atomic E-state index is 0.685. The Hall–Kier alpha value is -1.38. The van der Waals surface area contributed by atoms with Gasteiger partial charge in [0, 0.05) is 22.5 Å². The van der Waals surface area contributed by atoms with Crippen LogP contribution in [0.2, 0.25) is 5.02 Å². The van der Waals surface area contributed by atoms with Gasteiger partial charge >= 0.3 is 0 Å². The fourth-order valence-corrected chi connectivity index (χ4v) is 2.92. The number of para-hydroxylation sites is 1. The number of hydrogen-bond acceptors (Lipinski definition) is 1. The third-order valence-electron chi connectivity index (χ3n) is 3.09. The fourth-order valence-electron chi connectivity index (χ4n) is 2.13. The van der Waals surface area contributed by atoms with Crippen molar-refractivity contribution in [1.29, 1.82) is 0 Å². The number of pyridine rings is 1. The molecule has 0 bridgehead atoms. The highest BCUT2D eigenvalue weighted by Crippen LogP contribution is 2.31. The predicted molar refractivity (Wildman–Crippen MR) is 83.7 cm³/mol. The molecule has 19 heavy (non-hydrogen) atoms. The molecule has 0 unspecified atom stereocenters. The van der Waals surface area contributed by atoms with Gasteiger partial charge in [-0.25, -0.2) is 0 Å². The molecule has 0 aliphatic carbocycles. The van der Waals surface area contributed by atoms with Gasteiger partial charge in [0.2, 0.25) is 0 Å². The lowest BCUT2D eigenvalue weighted by Crippen LogP contribution is -1.93. The first-order chi connectivity index (χ1) is 9.25. The van der Waals surface area contributed by atoms with Gasteiger partial charge in [-0.2, -0.15) is 0 Å². The fraction of sp³-hybridized carbons (Fsp3) is 0.0625. The summed E-state index contributed by atoms with van der Waals surface area (Å²) >= 11 is 9.83. The SMILES string of the molecule is Clc1cccc2c(Br)c(Cc3ccccc3)cnc12. The molecule has 0 saturated heterocycles. The number of aromatic nitrogens is 1.